The number of carbonyl (C=O) groups excluding carboxylic acids is 1. The highest BCUT2D eigenvalue weighted by molar-refractivity contribution is 5.95. The molecule has 0 heterocycles. The van der Waals surface area contributed by atoms with E-state index in [-0.39, 0.29) is 11.9 Å². The van der Waals surface area contributed by atoms with Crippen LogP contribution in [0.5, 0.6) is 11.5 Å². The Balaban J connectivity index is 2.24. The maximum atomic E-state index is 13.1. The summed E-state index contributed by atoms with van der Waals surface area (Å²) in [6.45, 7) is 5.42. The van der Waals surface area contributed by atoms with Crippen LogP contribution in [-0.2, 0) is 6.42 Å². The van der Waals surface area contributed by atoms with Crippen molar-refractivity contribution < 1.29 is 14.3 Å². The molecule has 2 N–H and O–H groups in total. The maximum absolute atomic E-state index is 13.1. The summed E-state index contributed by atoms with van der Waals surface area (Å²) in [5, 5.41) is 0. The highest BCUT2D eigenvalue weighted by Crippen LogP contribution is 2.25. The van der Waals surface area contributed by atoms with Crippen LogP contribution in [0, 0.1) is 0 Å². The van der Waals surface area contributed by atoms with Crippen LogP contribution in [-0.4, -0.2) is 43.7 Å². The molecular formula is C22H30N2O3. The predicted molar refractivity (Wildman–Crippen MR) is 108 cm³/mol. The number of ether oxygens (including phenoxy) is 2. The van der Waals surface area contributed by atoms with Crippen molar-refractivity contribution in [2.45, 2.75) is 32.7 Å². The fraction of sp³-hybridized carbons (Fsp3) is 0.409. The lowest BCUT2D eigenvalue weighted by atomic mass is 10.0. The number of hydrogen-bond donors (Lipinski definition) is 1. The van der Waals surface area contributed by atoms with Gasteiger partial charge in [-0.25, -0.2) is 0 Å². The number of benzene rings is 2. The summed E-state index contributed by atoms with van der Waals surface area (Å²) >= 11 is 0. The molecule has 0 fully saturated rings. The Morgan fingerprint density at radius 1 is 1.04 bits per heavy atom. The van der Waals surface area contributed by atoms with Crippen molar-refractivity contribution >= 4 is 5.91 Å². The van der Waals surface area contributed by atoms with Crippen LogP contribution in [0.1, 0.15) is 36.2 Å². The number of nitrogens with two attached hydrogens (primary N) is 1. The van der Waals surface area contributed by atoms with Crippen LogP contribution >= 0.6 is 0 Å². The van der Waals surface area contributed by atoms with E-state index in [2.05, 4.69) is 12.1 Å². The van der Waals surface area contributed by atoms with Gasteiger partial charge in [-0.15, -0.1) is 0 Å². The Kier molecular flexibility index (Phi) is 8.14. The van der Waals surface area contributed by atoms with Crippen LogP contribution in [0.2, 0.25) is 0 Å². The van der Waals surface area contributed by atoms with Crippen molar-refractivity contribution in [3.05, 3.63) is 59.7 Å². The van der Waals surface area contributed by atoms with E-state index in [1.54, 1.807) is 17.0 Å². The van der Waals surface area contributed by atoms with Gasteiger partial charge in [0.2, 0.25) is 0 Å². The summed E-state index contributed by atoms with van der Waals surface area (Å²) in [5.74, 6) is 1.21. The fourth-order valence-corrected chi connectivity index (χ4v) is 3.08. The summed E-state index contributed by atoms with van der Waals surface area (Å²) < 4.78 is 11.2. The third-order valence-electron chi connectivity index (χ3n) is 4.43. The van der Waals surface area contributed by atoms with E-state index >= 15 is 0 Å². The van der Waals surface area contributed by atoms with Crippen molar-refractivity contribution in [2.75, 3.05) is 26.8 Å². The lowest BCUT2D eigenvalue weighted by Gasteiger charge is -2.28. The average molecular weight is 370 g/mol. The molecule has 1 amide bonds. The fourth-order valence-electron chi connectivity index (χ4n) is 3.08. The number of hydrogen-bond acceptors (Lipinski definition) is 4. The molecule has 0 aliphatic rings. The zero-order chi connectivity index (χ0) is 19.6. The SMILES string of the molecule is CCOc1cc(OCC)cc(C(=O)N(C)[C@H](CCN)Cc2ccccc2)c1. The minimum absolute atomic E-state index is 0.0243. The molecular weight excluding hydrogens is 340 g/mol. The van der Waals surface area contributed by atoms with E-state index in [1.807, 2.05) is 45.2 Å². The highest BCUT2D eigenvalue weighted by Gasteiger charge is 2.22. The van der Waals surface area contributed by atoms with Gasteiger partial charge < -0.3 is 20.1 Å². The van der Waals surface area contributed by atoms with Gasteiger partial charge in [-0.05, 0) is 50.9 Å². The molecule has 0 saturated heterocycles. The van der Waals surface area contributed by atoms with Gasteiger partial charge in [0.15, 0.2) is 0 Å². The molecule has 0 aliphatic carbocycles. The quantitative estimate of drug-likeness (QED) is 0.695. The number of rotatable bonds is 10. The summed E-state index contributed by atoms with van der Waals surface area (Å²) in [4.78, 5) is 14.9. The van der Waals surface area contributed by atoms with Crippen LogP contribution < -0.4 is 15.2 Å². The van der Waals surface area contributed by atoms with Crippen molar-refractivity contribution in [1.29, 1.82) is 0 Å². The van der Waals surface area contributed by atoms with E-state index in [9.17, 15) is 4.79 Å². The largest absolute Gasteiger partial charge is 0.494 e. The normalized spacial score (nSPS) is 11.7. The molecule has 0 bridgehead atoms. The van der Waals surface area contributed by atoms with Crippen molar-refractivity contribution in [2.24, 2.45) is 5.73 Å². The third-order valence-corrected chi connectivity index (χ3v) is 4.43. The van der Waals surface area contributed by atoms with Crippen LogP contribution in [0.25, 0.3) is 0 Å². The lowest BCUT2D eigenvalue weighted by Crippen LogP contribution is -2.39. The zero-order valence-electron chi connectivity index (χ0n) is 16.5. The van der Waals surface area contributed by atoms with Gasteiger partial charge in [0.05, 0.1) is 13.2 Å². The first-order valence-electron chi connectivity index (χ1n) is 9.50. The Bertz CT molecular complexity index is 695. The molecule has 5 heteroatoms. The van der Waals surface area contributed by atoms with Gasteiger partial charge >= 0.3 is 0 Å². The van der Waals surface area contributed by atoms with Gasteiger partial charge in [-0.1, -0.05) is 30.3 Å². The molecule has 5 nitrogen and oxygen atoms in total. The topological polar surface area (TPSA) is 64.8 Å². The second-order valence-electron chi connectivity index (χ2n) is 6.40. The molecule has 0 unspecified atom stereocenters. The number of likely N-dealkylation sites (N-methyl/N-ethyl adjacent to an activating group) is 1. The Labute approximate surface area is 162 Å². The molecule has 27 heavy (non-hydrogen) atoms. The Hall–Kier alpha value is -2.53. The molecule has 146 valence electrons. The average Bonchev–Trinajstić information content (AvgIpc) is 2.67. The second kappa shape index (κ2) is 10.6. The Morgan fingerprint density at radius 2 is 1.63 bits per heavy atom. The maximum Gasteiger partial charge on any atom is 0.254 e. The first kappa shape index (κ1) is 20.8. The van der Waals surface area contributed by atoms with Gasteiger partial charge in [-0.3, -0.25) is 4.79 Å². The van der Waals surface area contributed by atoms with Gasteiger partial charge in [-0.2, -0.15) is 0 Å². The minimum Gasteiger partial charge on any atom is -0.494 e. The molecule has 2 aromatic carbocycles. The highest BCUT2D eigenvalue weighted by atomic mass is 16.5. The standard InChI is InChI=1S/C22H30N2O3/c1-4-26-20-14-18(15-21(16-20)27-5-2)22(25)24(3)19(11-12-23)13-17-9-7-6-8-10-17/h6-10,14-16,19H,4-5,11-13,23H2,1-3H3/t19-/m1/s1. The Morgan fingerprint density at radius 3 is 2.15 bits per heavy atom. The van der Waals surface area contributed by atoms with Crippen molar-refractivity contribution in [3.8, 4) is 11.5 Å². The summed E-state index contributed by atoms with van der Waals surface area (Å²) in [5.41, 5.74) is 7.56. The van der Waals surface area contributed by atoms with Crippen LogP contribution in [0.4, 0.5) is 0 Å². The van der Waals surface area contributed by atoms with Crippen molar-refractivity contribution in [1.82, 2.24) is 4.90 Å². The predicted octanol–water partition coefficient (Wildman–Crippen LogP) is 3.52. The number of carbonyl (C=O) groups is 1. The molecule has 2 rings (SSSR count). The third kappa shape index (κ3) is 6.00. The van der Waals surface area contributed by atoms with E-state index in [0.29, 0.717) is 36.8 Å². The smallest absolute Gasteiger partial charge is 0.254 e. The summed E-state index contributed by atoms with van der Waals surface area (Å²) in [6, 6.07) is 15.5. The molecule has 0 spiro atoms. The van der Waals surface area contributed by atoms with E-state index in [0.717, 1.165) is 12.8 Å². The monoisotopic (exact) mass is 370 g/mol. The minimum atomic E-state index is -0.0631. The van der Waals surface area contributed by atoms with Gasteiger partial charge in [0, 0.05) is 24.7 Å². The van der Waals surface area contributed by atoms with E-state index < -0.39 is 0 Å². The number of amides is 1. The van der Waals surface area contributed by atoms with E-state index in [1.165, 1.54) is 5.56 Å². The van der Waals surface area contributed by atoms with Gasteiger partial charge in [0.25, 0.3) is 5.91 Å². The molecule has 0 radical (unpaired) electrons. The second-order valence-corrected chi connectivity index (χ2v) is 6.40. The summed E-state index contributed by atoms with van der Waals surface area (Å²) in [7, 11) is 1.83. The molecule has 2 aromatic rings. The zero-order valence-corrected chi connectivity index (χ0v) is 16.5. The molecule has 0 aromatic heterocycles. The lowest BCUT2D eigenvalue weighted by molar-refractivity contribution is 0.0724. The molecule has 0 saturated carbocycles. The first-order valence-corrected chi connectivity index (χ1v) is 9.50. The van der Waals surface area contributed by atoms with Crippen molar-refractivity contribution in [3.63, 3.8) is 0 Å². The van der Waals surface area contributed by atoms with E-state index in [4.69, 9.17) is 15.2 Å². The number of nitrogens with zero attached hydrogens (tertiary/aromatic N) is 1. The van der Waals surface area contributed by atoms with Crippen LogP contribution in [0.3, 0.4) is 0 Å². The summed E-state index contributed by atoms with van der Waals surface area (Å²) in [6.07, 6.45) is 1.50. The van der Waals surface area contributed by atoms with Crippen LogP contribution in [0.15, 0.2) is 48.5 Å². The molecule has 1 atom stereocenters. The van der Waals surface area contributed by atoms with Gasteiger partial charge in [0.1, 0.15) is 11.5 Å². The first-order chi connectivity index (χ1) is 13.1. The molecule has 0 aliphatic heterocycles.